The Bertz CT molecular complexity index is 1250. The number of nitrogens with zero attached hydrogens (tertiary/aromatic N) is 3. The van der Waals surface area contributed by atoms with Crippen molar-refractivity contribution >= 4 is 38.3 Å². The first-order valence-electron chi connectivity index (χ1n) is 10.0. The molecule has 5 nitrogen and oxygen atoms in total. The zero-order valence-corrected chi connectivity index (χ0v) is 19.1. The fourth-order valence-electron chi connectivity index (χ4n) is 3.14. The van der Waals surface area contributed by atoms with Crippen LogP contribution in [0.15, 0.2) is 57.8 Å². The standard InChI is InChI=1S/C23H22BrN3O2S/c1-2-3-4-7-14-29-19-9-6-5-8-17(19)15-20-22(28)27-23(30-20)25-21(26-27)16-10-12-18(24)13-11-16/h5-6,8-13,15H,2-4,7,14H2,1H3/b20-15-. The SMILES string of the molecule is CCCCCCOc1ccccc1/C=c1\sc2nc(-c3ccc(Br)cc3)nn2c1=O. The molecule has 4 rings (SSSR count). The van der Waals surface area contributed by atoms with E-state index in [-0.39, 0.29) is 5.56 Å². The molecule has 0 unspecified atom stereocenters. The molecule has 0 radical (unpaired) electrons. The molecular formula is C23H22BrN3O2S. The van der Waals surface area contributed by atoms with Gasteiger partial charge in [-0.1, -0.05) is 83.8 Å². The van der Waals surface area contributed by atoms with Crippen molar-refractivity contribution in [3.8, 4) is 17.1 Å². The average molecular weight is 484 g/mol. The second-order valence-corrected chi connectivity index (χ2v) is 8.92. The minimum atomic E-state index is -0.163. The maximum Gasteiger partial charge on any atom is 0.291 e. The molecule has 0 spiro atoms. The highest BCUT2D eigenvalue weighted by atomic mass is 79.9. The van der Waals surface area contributed by atoms with Crippen molar-refractivity contribution in [3.05, 3.63) is 73.5 Å². The van der Waals surface area contributed by atoms with Gasteiger partial charge in [0.25, 0.3) is 5.56 Å². The number of benzene rings is 2. The summed E-state index contributed by atoms with van der Waals surface area (Å²) in [6, 6.07) is 15.5. The number of para-hydroxylation sites is 1. The van der Waals surface area contributed by atoms with Crippen molar-refractivity contribution in [2.75, 3.05) is 6.61 Å². The van der Waals surface area contributed by atoms with Crippen molar-refractivity contribution in [2.45, 2.75) is 32.6 Å². The molecular weight excluding hydrogens is 462 g/mol. The monoisotopic (exact) mass is 483 g/mol. The van der Waals surface area contributed by atoms with Gasteiger partial charge in [0, 0.05) is 15.6 Å². The van der Waals surface area contributed by atoms with Crippen LogP contribution < -0.4 is 14.8 Å². The molecule has 0 saturated carbocycles. The molecule has 4 aromatic rings. The van der Waals surface area contributed by atoms with Gasteiger partial charge >= 0.3 is 0 Å². The summed E-state index contributed by atoms with van der Waals surface area (Å²) in [5, 5.41) is 4.41. The summed E-state index contributed by atoms with van der Waals surface area (Å²) in [5.41, 5.74) is 1.60. The van der Waals surface area contributed by atoms with E-state index >= 15 is 0 Å². The molecule has 0 saturated heterocycles. The Morgan fingerprint density at radius 3 is 2.67 bits per heavy atom. The number of hydrogen-bond acceptors (Lipinski definition) is 5. The number of ether oxygens (including phenoxy) is 1. The Balaban J connectivity index is 1.61. The van der Waals surface area contributed by atoms with Crippen LogP contribution in [0.1, 0.15) is 38.2 Å². The first-order valence-corrected chi connectivity index (χ1v) is 11.7. The molecule has 0 aliphatic heterocycles. The van der Waals surface area contributed by atoms with E-state index in [0.29, 0.717) is 21.9 Å². The average Bonchev–Trinajstić information content (AvgIpc) is 3.29. The fraction of sp³-hybridized carbons (Fsp3) is 0.261. The molecule has 2 aromatic carbocycles. The molecule has 0 N–H and O–H groups in total. The zero-order chi connectivity index (χ0) is 20.9. The Hall–Kier alpha value is -2.51. The Kier molecular flexibility index (Phi) is 6.59. The van der Waals surface area contributed by atoms with Crippen molar-refractivity contribution < 1.29 is 4.74 Å². The fourth-order valence-corrected chi connectivity index (χ4v) is 4.30. The lowest BCUT2D eigenvalue weighted by Crippen LogP contribution is -2.23. The zero-order valence-electron chi connectivity index (χ0n) is 16.7. The van der Waals surface area contributed by atoms with E-state index < -0.39 is 0 Å². The van der Waals surface area contributed by atoms with Crippen molar-refractivity contribution in [1.29, 1.82) is 0 Å². The molecule has 30 heavy (non-hydrogen) atoms. The lowest BCUT2D eigenvalue weighted by molar-refractivity contribution is 0.304. The van der Waals surface area contributed by atoms with Crippen LogP contribution in [0, 0.1) is 0 Å². The third kappa shape index (κ3) is 4.63. The highest BCUT2D eigenvalue weighted by Gasteiger charge is 2.12. The smallest absolute Gasteiger partial charge is 0.291 e. The number of halogens is 1. The third-order valence-corrected chi connectivity index (χ3v) is 6.23. The summed E-state index contributed by atoms with van der Waals surface area (Å²) in [6.45, 7) is 2.88. The lowest BCUT2D eigenvalue weighted by Gasteiger charge is -2.08. The number of aromatic nitrogens is 3. The Morgan fingerprint density at radius 2 is 1.90 bits per heavy atom. The highest BCUT2D eigenvalue weighted by molar-refractivity contribution is 9.10. The van der Waals surface area contributed by atoms with Crippen molar-refractivity contribution in [1.82, 2.24) is 14.6 Å². The molecule has 2 heterocycles. The summed E-state index contributed by atoms with van der Waals surface area (Å²) in [5.74, 6) is 1.34. The van der Waals surface area contributed by atoms with E-state index in [9.17, 15) is 4.79 Å². The summed E-state index contributed by atoms with van der Waals surface area (Å²) in [6.07, 6.45) is 6.49. The maximum atomic E-state index is 12.9. The topological polar surface area (TPSA) is 56.5 Å². The lowest BCUT2D eigenvalue weighted by atomic mass is 10.2. The van der Waals surface area contributed by atoms with E-state index in [1.165, 1.54) is 35.1 Å². The summed E-state index contributed by atoms with van der Waals surface area (Å²) >= 11 is 4.76. The molecule has 0 fully saturated rings. The van der Waals surface area contributed by atoms with Gasteiger partial charge in [-0.05, 0) is 30.7 Å². The molecule has 154 valence electrons. The predicted octanol–water partition coefficient (Wildman–Crippen LogP) is 5.09. The summed E-state index contributed by atoms with van der Waals surface area (Å²) in [7, 11) is 0. The number of thiazole rings is 1. The summed E-state index contributed by atoms with van der Waals surface area (Å²) in [4.78, 5) is 18.0. The molecule has 0 aliphatic carbocycles. The van der Waals surface area contributed by atoms with Crippen LogP contribution in [0.3, 0.4) is 0 Å². The van der Waals surface area contributed by atoms with Crippen LogP contribution in [0.5, 0.6) is 5.75 Å². The second kappa shape index (κ2) is 9.53. The van der Waals surface area contributed by atoms with E-state index in [1.807, 2.05) is 54.6 Å². The van der Waals surface area contributed by atoms with Gasteiger partial charge in [-0.15, -0.1) is 5.10 Å². The number of unbranched alkanes of at least 4 members (excludes halogenated alkanes) is 3. The largest absolute Gasteiger partial charge is 0.493 e. The van der Waals surface area contributed by atoms with Gasteiger partial charge in [-0.3, -0.25) is 4.79 Å². The molecule has 0 amide bonds. The van der Waals surface area contributed by atoms with Gasteiger partial charge in [-0.25, -0.2) is 0 Å². The first kappa shape index (κ1) is 20.8. The van der Waals surface area contributed by atoms with Gasteiger partial charge in [0.2, 0.25) is 4.96 Å². The van der Waals surface area contributed by atoms with E-state index in [4.69, 9.17) is 4.74 Å². The minimum Gasteiger partial charge on any atom is -0.493 e. The molecule has 0 atom stereocenters. The summed E-state index contributed by atoms with van der Waals surface area (Å²) < 4.78 is 8.92. The van der Waals surface area contributed by atoms with Crippen LogP contribution in [0.4, 0.5) is 0 Å². The van der Waals surface area contributed by atoms with E-state index in [1.54, 1.807) is 0 Å². The Morgan fingerprint density at radius 1 is 1.10 bits per heavy atom. The van der Waals surface area contributed by atoms with Crippen LogP contribution >= 0.6 is 27.3 Å². The molecule has 2 aromatic heterocycles. The molecule has 0 bridgehead atoms. The normalized spacial score (nSPS) is 12.0. The quantitative estimate of drug-likeness (QED) is 0.327. The second-order valence-electron chi connectivity index (χ2n) is 7.00. The van der Waals surface area contributed by atoms with Crippen LogP contribution in [0.25, 0.3) is 22.4 Å². The van der Waals surface area contributed by atoms with E-state index in [2.05, 4.69) is 32.9 Å². The third-order valence-electron chi connectivity index (χ3n) is 4.75. The molecule has 0 aliphatic rings. The maximum absolute atomic E-state index is 12.9. The van der Waals surface area contributed by atoms with Gasteiger partial charge in [-0.2, -0.15) is 9.50 Å². The van der Waals surface area contributed by atoms with Gasteiger partial charge in [0.1, 0.15) is 5.75 Å². The first-order chi connectivity index (χ1) is 14.7. The van der Waals surface area contributed by atoms with Gasteiger partial charge in [0.05, 0.1) is 11.1 Å². The van der Waals surface area contributed by atoms with Gasteiger partial charge in [0.15, 0.2) is 5.82 Å². The van der Waals surface area contributed by atoms with Crippen LogP contribution in [0.2, 0.25) is 0 Å². The van der Waals surface area contributed by atoms with Crippen molar-refractivity contribution in [3.63, 3.8) is 0 Å². The van der Waals surface area contributed by atoms with Crippen LogP contribution in [-0.2, 0) is 0 Å². The minimum absolute atomic E-state index is 0.163. The predicted molar refractivity (Wildman–Crippen MR) is 125 cm³/mol. The highest BCUT2D eigenvalue weighted by Crippen LogP contribution is 2.21. The number of hydrogen-bond donors (Lipinski definition) is 0. The number of rotatable bonds is 8. The Labute approximate surface area is 187 Å². The number of fused-ring (bicyclic) bond motifs is 1. The van der Waals surface area contributed by atoms with Gasteiger partial charge < -0.3 is 4.74 Å². The van der Waals surface area contributed by atoms with E-state index in [0.717, 1.165) is 27.8 Å². The van der Waals surface area contributed by atoms with Crippen LogP contribution in [-0.4, -0.2) is 21.2 Å². The van der Waals surface area contributed by atoms with Crippen molar-refractivity contribution in [2.24, 2.45) is 0 Å². The molecule has 7 heteroatoms.